The minimum atomic E-state index is -0.274. The van der Waals surface area contributed by atoms with Gasteiger partial charge in [-0.25, -0.2) is 0 Å². The average Bonchev–Trinajstić information content (AvgIpc) is 2.90. The fraction of sp³-hybridized carbons (Fsp3) is 0.438. The van der Waals surface area contributed by atoms with Crippen molar-refractivity contribution < 1.29 is 10.2 Å². The van der Waals surface area contributed by atoms with E-state index >= 15 is 0 Å². The molecular formula is C32H38O2. The molecule has 0 saturated heterocycles. The largest absolute Gasteiger partial charge is 0.392 e. The number of aliphatic hydroxyl groups is 2. The average molecular weight is 455 g/mol. The van der Waals surface area contributed by atoms with Crippen molar-refractivity contribution in [2.75, 3.05) is 0 Å². The maximum Gasteiger partial charge on any atom is 0.0608 e. The summed E-state index contributed by atoms with van der Waals surface area (Å²) in [5.74, 6) is 1.34. The minimum Gasteiger partial charge on any atom is -0.392 e. The van der Waals surface area contributed by atoms with E-state index in [-0.39, 0.29) is 29.5 Å². The molecule has 6 unspecified atom stereocenters. The third-order valence-electron chi connectivity index (χ3n) is 9.18. The first-order valence-corrected chi connectivity index (χ1v) is 13.1. The standard InChI is InChI=1S/C32H38O2/c1-32(25-15-9-4-10-16-25,26-17-19-30(33)28(21-26)23-11-5-2-6-12-23)27-18-20-31(34)29(22-27)24-13-7-3-8-14-24/h2-16,26-31,33-34H,17-22H2,1H3. The highest BCUT2D eigenvalue weighted by Gasteiger charge is 2.48. The van der Waals surface area contributed by atoms with Gasteiger partial charge in [0.05, 0.1) is 12.2 Å². The Balaban J connectivity index is 1.49. The molecule has 0 spiro atoms. The van der Waals surface area contributed by atoms with Crippen molar-refractivity contribution in [2.24, 2.45) is 11.8 Å². The molecule has 34 heavy (non-hydrogen) atoms. The van der Waals surface area contributed by atoms with E-state index in [2.05, 4.69) is 97.9 Å². The van der Waals surface area contributed by atoms with Gasteiger partial charge < -0.3 is 10.2 Å². The number of hydrogen-bond donors (Lipinski definition) is 2. The van der Waals surface area contributed by atoms with Crippen LogP contribution >= 0.6 is 0 Å². The van der Waals surface area contributed by atoms with Gasteiger partial charge in [0.1, 0.15) is 0 Å². The first-order valence-electron chi connectivity index (χ1n) is 13.1. The molecule has 5 rings (SSSR count). The van der Waals surface area contributed by atoms with Crippen LogP contribution < -0.4 is 0 Å². The molecule has 2 N–H and O–H groups in total. The lowest BCUT2D eigenvalue weighted by Gasteiger charge is -2.51. The zero-order valence-electron chi connectivity index (χ0n) is 20.3. The highest BCUT2D eigenvalue weighted by atomic mass is 16.3. The van der Waals surface area contributed by atoms with Crippen LogP contribution in [-0.4, -0.2) is 22.4 Å². The van der Waals surface area contributed by atoms with E-state index in [4.69, 9.17) is 0 Å². The number of rotatable bonds is 5. The maximum absolute atomic E-state index is 11.0. The Hall–Kier alpha value is -2.42. The lowest BCUT2D eigenvalue weighted by Crippen LogP contribution is -2.46. The van der Waals surface area contributed by atoms with Gasteiger partial charge in [0.25, 0.3) is 0 Å². The zero-order valence-corrected chi connectivity index (χ0v) is 20.3. The lowest BCUT2D eigenvalue weighted by molar-refractivity contribution is 0.0141. The van der Waals surface area contributed by atoms with Crippen LogP contribution in [0, 0.1) is 11.8 Å². The highest BCUT2D eigenvalue weighted by Crippen LogP contribution is 2.54. The van der Waals surface area contributed by atoms with Gasteiger partial charge in [-0.05, 0) is 72.5 Å². The van der Waals surface area contributed by atoms with Crippen LogP contribution in [-0.2, 0) is 5.41 Å². The maximum atomic E-state index is 11.0. The van der Waals surface area contributed by atoms with Gasteiger partial charge in [-0.3, -0.25) is 0 Å². The number of aliphatic hydroxyl groups excluding tert-OH is 2. The summed E-state index contributed by atoms with van der Waals surface area (Å²) in [6, 6.07) is 32.3. The fourth-order valence-electron chi connectivity index (χ4n) is 7.12. The molecule has 0 aromatic heterocycles. The van der Waals surface area contributed by atoms with E-state index < -0.39 is 0 Å². The van der Waals surface area contributed by atoms with Crippen LogP contribution in [0.25, 0.3) is 0 Å². The Morgan fingerprint density at radius 3 is 1.35 bits per heavy atom. The Morgan fingerprint density at radius 2 is 0.941 bits per heavy atom. The molecule has 6 atom stereocenters. The second-order valence-electron chi connectivity index (χ2n) is 10.8. The molecule has 2 saturated carbocycles. The molecule has 2 aliphatic rings. The molecule has 178 valence electrons. The van der Waals surface area contributed by atoms with Crippen molar-refractivity contribution in [3.05, 3.63) is 108 Å². The van der Waals surface area contributed by atoms with Gasteiger partial charge in [-0.15, -0.1) is 0 Å². The molecular weight excluding hydrogens is 416 g/mol. The first kappa shape index (κ1) is 23.3. The summed E-state index contributed by atoms with van der Waals surface area (Å²) < 4.78 is 0. The van der Waals surface area contributed by atoms with Crippen molar-refractivity contribution in [1.29, 1.82) is 0 Å². The minimum absolute atomic E-state index is 0.00159. The van der Waals surface area contributed by atoms with Crippen LogP contribution in [0.2, 0.25) is 0 Å². The third kappa shape index (κ3) is 4.46. The number of hydrogen-bond acceptors (Lipinski definition) is 2. The quantitative estimate of drug-likeness (QED) is 0.443. The summed E-state index contributed by atoms with van der Waals surface area (Å²) in [6.45, 7) is 2.48. The van der Waals surface area contributed by atoms with E-state index in [1.54, 1.807) is 0 Å². The van der Waals surface area contributed by atoms with E-state index in [0.717, 1.165) is 38.5 Å². The van der Waals surface area contributed by atoms with Crippen LogP contribution in [0.3, 0.4) is 0 Å². The van der Waals surface area contributed by atoms with E-state index in [1.165, 1.54) is 16.7 Å². The monoisotopic (exact) mass is 454 g/mol. The zero-order chi connectivity index (χ0) is 23.5. The summed E-state index contributed by atoms with van der Waals surface area (Å²) in [5, 5.41) is 22.0. The molecule has 3 aromatic rings. The van der Waals surface area contributed by atoms with Gasteiger partial charge >= 0.3 is 0 Å². The predicted octanol–water partition coefficient (Wildman–Crippen LogP) is 6.83. The third-order valence-corrected chi connectivity index (χ3v) is 9.18. The van der Waals surface area contributed by atoms with Crippen molar-refractivity contribution in [3.63, 3.8) is 0 Å². The van der Waals surface area contributed by atoms with Crippen molar-refractivity contribution >= 4 is 0 Å². The Morgan fingerprint density at radius 1 is 0.559 bits per heavy atom. The number of benzene rings is 3. The summed E-state index contributed by atoms with van der Waals surface area (Å²) in [5.41, 5.74) is 3.94. The summed E-state index contributed by atoms with van der Waals surface area (Å²) in [6.07, 6.45) is 5.26. The van der Waals surface area contributed by atoms with Crippen LogP contribution in [0.5, 0.6) is 0 Å². The summed E-state index contributed by atoms with van der Waals surface area (Å²) in [7, 11) is 0. The van der Waals surface area contributed by atoms with Crippen molar-refractivity contribution in [2.45, 2.75) is 74.9 Å². The van der Waals surface area contributed by atoms with Crippen molar-refractivity contribution in [3.8, 4) is 0 Å². The molecule has 0 amide bonds. The Labute approximate surface area is 204 Å². The molecule has 0 radical (unpaired) electrons. The van der Waals surface area contributed by atoms with Crippen LogP contribution in [0.15, 0.2) is 91.0 Å². The first-order chi connectivity index (χ1) is 16.6. The van der Waals surface area contributed by atoms with E-state index in [1.807, 2.05) is 0 Å². The highest BCUT2D eigenvalue weighted by molar-refractivity contribution is 5.31. The molecule has 2 aliphatic carbocycles. The Kier molecular flexibility index (Phi) is 6.90. The van der Waals surface area contributed by atoms with Gasteiger partial charge in [0, 0.05) is 11.8 Å². The lowest BCUT2D eigenvalue weighted by atomic mass is 9.54. The SMILES string of the molecule is CC(c1ccccc1)(C1CCC(O)C(c2ccccc2)C1)C1CCC(O)C(c2ccccc2)C1. The molecule has 3 aromatic carbocycles. The van der Waals surface area contributed by atoms with E-state index in [0.29, 0.717) is 11.8 Å². The smallest absolute Gasteiger partial charge is 0.0608 e. The fourth-order valence-corrected chi connectivity index (χ4v) is 7.12. The van der Waals surface area contributed by atoms with Gasteiger partial charge in [0.15, 0.2) is 0 Å². The van der Waals surface area contributed by atoms with Gasteiger partial charge in [0.2, 0.25) is 0 Å². The van der Waals surface area contributed by atoms with Crippen LogP contribution in [0.1, 0.15) is 74.0 Å². The molecule has 2 fully saturated rings. The second kappa shape index (κ2) is 10.1. The molecule has 0 aliphatic heterocycles. The Bertz CT molecular complexity index is 969. The topological polar surface area (TPSA) is 40.5 Å². The summed E-state index contributed by atoms with van der Waals surface area (Å²) in [4.78, 5) is 0. The van der Waals surface area contributed by atoms with Gasteiger partial charge in [-0.2, -0.15) is 0 Å². The summed E-state index contributed by atoms with van der Waals surface area (Å²) >= 11 is 0. The van der Waals surface area contributed by atoms with E-state index in [9.17, 15) is 10.2 Å². The molecule has 2 nitrogen and oxygen atoms in total. The molecule has 0 bridgehead atoms. The molecule has 0 heterocycles. The van der Waals surface area contributed by atoms with Crippen molar-refractivity contribution in [1.82, 2.24) is 0 Å². The molecule has 2 heteroatoms. The van der Waals surface area contributed by atoms with Crippen LogP contribution in [0.4, 0.5) is 0 Å². The van der Waals surface area contributed by atoms with Gasteiger partial charge in [-0.1, -0.05) is 97.9 Å². The second-order valence-corrected chi connectivity index (χ2v) is 10.8. The normalized spacial score (nSPS) is 31.5. The predicted molar refractivity (Wildman–Crippen MR) is 139 cm³/mol.